The second-order valence-electron chi connectivity index (χ2n) is 6.55. The number of nitrogens with zero attached hydrogens (tertiary/aromatic N) is 1. The molecule has 0 bridgehead atoms. The van der Waals surface area contributed by atoms with Crippen molar-refractivity contribution < 1.29 is 4.79 Å². The van der Waals surface area contributed by atoms with Crippen LogP contribution >= 0.6 is 0 Å². The molecule has 126 valence electrons. The molecule has 0 aromatic heterocycles. The van der Waals surface area contributed by atoms with Gasteiger partial charge in [-0.25, -0.2) is 0 Å². The van der Waals surface area contributed by atoms with Crippen LogP contribution in [-0.4, -0.2) is 6.29 Å². The summed E-state index contributed by atoms with van der Waals surface area (Å²) in [6.07, 6.45) is 0.911. The van der Waals surface area contributed by atoms with E-state index in [0.717, 1.165) is 34.5 Å². The molecule has 25 heavy (non-hydrogen) atoms. The van der Waals surface area contributed by atoms with Crippen molar-refractivity contribution in [1.29, 1.82) is 0 Å². The van der Waals surface area contributed by atoms with Gasteiger partial charge in [-0.15, -0.1) is 0 Å². The maximum absolute atomic E-state index is 11.2. The molecule has 0 atom stereocenters. The van der Waals surface area contributed by atoms with E-state index >= 15 is 0 Å². The smallest absolute Gasteiger partial charge is 0.150 e. The van der Waals surface area contributed by atoms with Gasteiger partial charge in [0.2, 0.25) is 0 Å². The molecule has 3 aromatic rings. The predicted octanol–water partition coefficient (Wildman–Crippen LogP) is 6.20. The van der Waals surface area contributed by atoms with Crippen LogP contribution in [0.4, 0.5) is 17.1 Å². The molecule has 0 aliphatic rings. The topological polar surface area (TPSA) is 20.3 Å². The Bertz CT molecular complexity index is 927. The third-order valence-corrected chi connectivity index (χ3v) is 4.72. The van der Waals surface area contributed by atoms with Gasteiger partial charge in [0.05, 0.1) is 0 Å². The van der Waals surface area contributed by atoms with E-state index in [1.165, 1.54) is 16.7 Å². The van der Waals surface area contributed by atoms with Crippen LogP contribution in [0.2, 0.25) is 0 Å². The van der Waals surface area contributed by atoms with Crippen molar-refractivity contribution in [3.05, 3.63) is 88.5 Å². The molecular formula is C23H23NO. The highest BCUT2D eigenvalue weighted by Crippen LogP contribution is 2.38. The zero-order valence-corrected chi connectivity index (χ0v) is 15.2. The molecule has 0 saturated heterocycles. The second-order valence-corrected chi connectivity index (χ2v) is 6.55. The van der Waals surface area contributed by atoms with Gasteiger partial charge >= 0.3 is 0 Å². The Morgan fingerprint density at radius 2 is 1.48 bits per heavy atom. The van der Waals surface area contributed by atoms with Crippen molar-refractivity contribution in [1.82, 2.24) is 0 Å². The lowest BCUT2D eigenvalue weighted by Crippen LogP contribution is -2.12. The first-order valence-corrected chi connectivity index (χ1v) is 8.50. The van der Waals surface area contributed by atoms with E-state index in [2.05, 4.69) is 74.2 Å². The highest BCUT2D eigenvalue weighted by Gasteiger charge is 2.16. The number of hydrogen-bond acceptors (Lipinski definition) is 2. The summed E-state index contributed by atoms with van der Waals surface area (Å²) in [6, 6.07) is 20.8. The maximum atomic E-state index is 11.2. The molecule has 0 fully saturated rings. The summed E-state index contributed by atoms with van der Waals surface area (Å²) < 4.78 is 0. The highest BCUT2D eigenvalue weighted by molar-refractivity contribution is 5.83. The van der Waals surface area contributed by atoms with Crippen molar-refractivity contribution in [2.75, 3.05) is 4.90 Å². The fourth-order valence-corrected chi connectivity index (χ4v) is 3.10. The van der Waals surface area contributed by atoms with Crippen LogP contribution < -0.4 is 4.90 Å². The molecule has 0 aliphatic carbocycles. The molecule has 0 spiro atoms. The van der Waals surface area contributed by atoms with Gasteiger partial charge in [0.1, 0.15) is 6.29 Å². The quantitative estimate of drug-likeness (QED) is 0.531. The zero-order chi connectivity index (χ0) is 18.0. The van der Waals surface area contributed by atoms with Crippen LogP contribution in [0, 0.1) is 27.7 Å². The van der Waals surface area contributed by atoms with Gasteiger partial charge in [0.25, 0.3) is 0 Å². The molecular weight excluding hydrogens is 306 g/mol. The lowest BCUT2D eigenvalue weighted by atomic mass is 10.0. The average molecular weight is 329 g/mol. The number of aldehydes is 1. The number of hydrogen-bond donors (Lipinski definition) is 0. The first kappa shape index (κ1) is 17.0. The monoisotopic (exact) mass is 329 g/mol. The Morgan fingerprint density at radius 1 is 0.760 bits per heavy atom. The van der Waals surface area contributed by atoms with Crippen molar-refractivity contribution >= 4 is 23.3 Å². The summed E-state index contributed by atoms with van der Waals surface area (Å²) in [4.78, 5) is 13.4. The molecule has 3 aromatic carbocycles. The predicted molar refractivity (Wildman–Crippen MR) is 105 cm³/mol. The van der Waals surface area contributed by atoms with Crippen LogP contribution in [-0.2, 0) is 0 Å². The van der Waals surface area contributed by atoms with Gasteiger partial charge in [-0.2, -0.15) is 0 Å². The zero-order valence-electron chi connectivity index (χ0n) is 15.2. The SMILES string of the molecule is Cc1cccc(N(c2ccc(C=O)c(C)c2)c2cccc(C)c2C)c1. The van der Waals surface area contributed by atoms with E-state index in [1.54, 1.807) is 0 Å². The van der Waals surface area contributed by atoms with Crippen LogP contribution in [0.15, 0.2) is 60.7 Å². The second kappa shape index (κ2) is 6.94. The van der Waals surface area contributed by atoms with Crippen LogP contribution in [0.3, 0.4) is 0 Å². The summed E-state index contributed by atoms with van der Waals surface area (Å²) in [5.41, 5.74) is 8.77. The molecule has 2 nitrogen and oxygen atoms in total. The Labute approximate surface area is 149 Å². The molecule has 0 heterocycles. The maximum Gasteiger partial charge on any atom is 0.150 e. The first-order valence-electron chi connectivity index (χ1n) is 8.50. The lowest BCUT2D eigenvalue weighted by Gasteiger charge is -2.28. The van der Waals surface area contributed by atoms with Gasteiger partial charge < -0.3 is 4.90 Å². The largest absolute Gasteiger partial charge is 0.310 e. The van der Waals surface area contributed by atoms with E-state index in [0.29, 0.717) is 0 Å². The standard InChI is InChI=1S/C23H23NO/c1-16-7-5-9-21(13-16)24(23-10-6-8-17(2)19(23)4)22-12-11-20(15-25)18(3)14-22/h5-15H,1-4H3. The first-order chi connectivity index (χ1) is 12.0. The van der Waals surface area contributed by atoms with Gasteiger partial charge in [0.15, 0.2) is 0 Å². The fourth-order valence-electron chi connectivity index (χ4n) is 3.10. The molecule has 0 aliphatic heterocycles. The molecule has 3 rings (SSSR count). The summed E-state index contributed by atoms with van der Waals surface area (Å²) in [5.74, 6) is 0. The Hall–Kier alpha value is -2.87. The number of carbonyl (C=O) groups is 1. The number of anilines is 3. The number of rotatable bonds is 4. The average Bonchev–Trinajstić information content (AvgIpc) is 2.59. The minimum Gasteiger partial charge on any atom is -0.310 e. The van der Waals surface area contributed by atoms with Gasteiger partial charge in [0, 0.05) is 22.6 Å². The molecule has 0 unspecified atom stereocenters. The lowest BCUT2D eigenvalue weighted by molar-refractivity contribution is 0.112. The minimum absolute atomic E-state index is 0.730. The van der Waals surface area contributed by atoms with Gasteiger partial charge in [-0.1, -0.05) is 24.3 Å². The number of carbonyl (C=O) groups excluding carboxylic acids is 1. The van der Waals surface area contributed by atoms with E-state index < -0.39 is 0 Å². The molecule has 0 N–H and O–H groups in total. The third-order valence-electron chi connectivity index (χ3n) is 4.72. The van der Waals surface area contributed by atoms with Crippen molar-refractivity contribution in [3.63, 3.8) is 0 Å². The molecule has 0 amide bonds. The van der Waals surface area contributed by atoms with Crippen LogP contribution in [0.25, 0.3) is 0 Å². The highest BCUT2D eigenvalue weighted by atomic mass is 16.1. The molecule has 2 heteroatoms. The van der Waals surface area contributed by atoms with E-state index in [4.69, 9.17) is 0 Å². The molecule has 0 saturated carbocycles. The summed E-state index contributed by atoms with van der Waals surface area (Å²) in [5, 5.41) is 0. The Morgan fingerprint density at radius 3 is 2.16 bits per heavy atom. The molecule has 0 radical (unpaired) electrons. The summed E-state index contributed by atoms with van der Waals surface area (Å²) in [7, 11) is 0. The fraction of sp³-hybridized carbons (Fsp3) is 0.174. The van der Waals surface area contributed by atoms with Gasteiger partial charge in [-0.05, 0) is 86.3 Å². The third kappa shape index (κ3) is 3.34. The summed E-state index contributed by atoms with van der Waals surface area (Å²) in [6.45, 7) is 8.37. The Kier molecular flexibility index (Phi) is 4.71. The minimum atomic E-state index is 0.730. The number of aryl methyl sites for hydroxylation is 3. The van der Waals surface area contributed by atoms with Crippen molar-refractivity contribution in [2.24, 2.45) is 0 Å². The normalized spacial score (nSPS) is 10.6. The van der Waals surface area contributed by atoms with Crippen molar-refractivity contribution in [2.45, 2.75) is 27.7 Å². The van der Waals surface area contributed by atoms with Crippen LogP contribution in [0.5, 0.6) is 0 Å². The van der Waals surface area contributed by atoms with E-state index in [1.807, 2.05) is 19.1 Å². The van der Waals surface area contributed by atoms with E-state index in [-0.39, 0.29) is 0 Å². The van der Waals surface area contributed by atoms with E-state index in [9.17, 15) is 4.79 Å². The van der Waals surface area contributed by atoms with Crippen LogP contribution in [0.1, 0.15) is 32.6 Å². The van der Waals surface area contributed by atoms with Crippen molar-refractivity contribution in [3.8, 4) is 0 Å². The van der Waals surface area contributed by atoms with Gasteiger partial charge in [-0.3, -0.25) is 4.79 Å². The Balaban J connectivity index is 2.24. The summed E-state index contributed by atoms with van der Waals surface area (Å²) >= 11 is 0. The number of benzene rings is 3.